The van der Waals surface area contributed by atoms with E-state index in [2.05, 4.69) is 4.90 Å². The van der Waals surface area contributed by atoms with Crippen LogP contribution in [0.4, 0.5) is 11.4 Å². The summed E-state index contributed by atoms with van der Waals surface area (Å²) in [5.74, 6) is -6.88. The number of benzene rings is 1. The molecule has 0 aromatic heterocycles. The molecule has 0 heterocycles. The SMILES string of the molecule is CCCN(CC)c1cc(N)c(O)c2c1CC1CC3[C@H](N(C)C)C(O)=C(C(N)=O)C(=O)[C@@]3(O)C(O)=C1C2=O.O=S(=O)(O)O. The van der Waals surface area contributed by atoms with Gasteiger partial charge in [-0.1, -0.05) is 6.92 Å². The summed E-state index contributed by atoms with van der Waals surface area (Å²) in [6, 6.07) is 0.603. The summed E-state index contributed by atoms with van der Waals surface area (Å²) >= 11 is 0. The van der Waals surface area contributed by atoms with E-state index in [4.69, 9.17) is 29.0 Å². The second-order valence-electron chi connectivity index (χ2n) is 10.7. The summed E-state index contributed by atoms with van der Waals surface area (Å²) in [5, 5.41) is 44.7. The van der Waals surface area contributed by atoms with E-state index in [-0.39, 0.29) is 29.7 Å². The van der Waals surface area contributed by atoms with Gasteiger partial charge in [0.05, 0.1) is 17.3 Å². The first-order valence-corrected chi connectivity index (χ1v) is 14.5. The fourth-order valence-electron chi connectivity index (χ4n) is 6.32. The number of nitrogens with two attached hydrogens (primary N) is 2. The number of phenolic OH excluding ortho intramolecular Hbond substituents is 1. The van der Waals surface area contributed by atoms with Gasteiger partial charge in [-0.2, -0.15) is 8.42 Å². The number of phenols is 1. The van der Waals surface area contributed by atoms with Crippen molar-refractivity contribution in [2.24, 2.45) is 17.6 Å². The standard InChI is InChI=1S/C26H34N4O7.H2O4S/c1-5-7-30(6-2)15-10-14(27)20(31)17-12(15)8-11-9-13-19(29(3)4)22(33)18(25(28)36)24(35)26(13,37)23(34)16(11)21(17)32;1-5(2,3)4/h10-11,13,19,31,33-34,37H,5-9,27H2,1-4H3,(H2,28,36);(H2,1,2,3,4)/t11?,13?,19-,26-;/m0./s1. The predicted molar refractivity (Wildman–Crippen MR) is 150 cm³/mol. The van der Waals surface area contributed by atoms with E-state index < -0.39 is 74.2 Å². The Hall–Kier alpha value is -3.70. The summed E-state index contributed by atoms with van der Waals surface area (Å²) < 4.78 is 31.6. The normalized spacial score (nSPS) is 25.4. The summed E-state index contributed by atoms with van der Waals surface area (Å²) in [5.41, 5.74) is 8.91. The number of amides is 1. The zero-order valence-corrected chi connectivity index (χ0v) is 24.3. The van der Waals surface area contributed by atoms with Gasteiger partial charge >= 0.3 is 10.4 Å². The van der Waals surface area contributed by atoms with Crippen molar-refractivity contribution < 1.29 is 52.3 Å². The van der Waals surface area contributed by atoms with E-state index in [0.29, 0.717) is 24.3 Å². The maximum Gasteiger partial charge on any atom is 0.394 e. The number of hydrogen-bond donors (Lipinski definition) is 8. The lowest BCUT2D eigenvalue weighted by molar-refractivity contribution is -0.148. The average molecular weight is 613 g/mol. The molecule has 1 aromatic carbocycles. The van der Waals surface area contributed by atoms with Gasteiger partial charge in [0.1, 0.15) is 22.8 Å². The molecule has 2 unspecified atom stereocenters. The van der Waals surface area contributed by atoms with Crippen LogP contribution in [0, 0.1) is 11.8 Å². The zero-order chi connectivity index (χ0) is 32.1. The fraction of sp³-hybridized carbons (Fsp3) is 0.500. The molecule has 0 fully saturated rings. The number of anilines is 2. The molecule has 0 radical (unpaired) electrons. The third kappa shape index (κ3) is 5.43. The smallest absolute Gasteiger partial charge is 0.394 e. The van der Waals surface area contributed by atoms with Crippen molar-refractivity contribution in [3.05, 3.63) is 39.9 Å². The number of carbonyl (C=O) groups is 3. The Bertz CT molecular complexity index is 1490. The van der Waals surface area contributed by atoms with Crippen molar-refractivity contribution >= 4 is 39.2 Å². The van der Waals surface area contributed by atoms with Gasteiger partial charge in [0.25, 0.3) is 5.91 Å². The number of rotatable bonds is 6. The van der Waals surface area contributed by atoms with E-state index in [1.165, 1.54) is 4.90 Å². The molecule has 0 saturated carbocycles. The summed E-state index contributed by atoms with van der Waals surface area (Å²) in [4.78, 5) is 42.8. The molecule has 0 bridgehead atoms. The molecule has 0 spiro atoms. The molecule has 16 heteroatoms. The topological polar surface area (TPSA) is 265 Å². The Labute approximate surface area is 242 Å². The van der Waals surface area contributed by atoms with Crippen molar-refractivity contribution in [1.29, 1.82) is 0 Å². The highest BCUT2D eigenvalue weighted by Gasteiger charge is 2.63. The van der Waals surface area contributed by atoms with E-state index in [1.807, 2.05) is 13.8 Å². The summed E-state index contributed by atoms with van der Waals surface area (Å²) in [6.07, 6.45) is 1.09. The van der Waals surface area contributed by atoms with E-state index in [9.17, 15) is 34.8 Å². The molecule has 232 valence electrons. The molecule has 15 nitrogen and oxygen atoms in total. The molecule has 1 aromatic rings. The number of aromatic hydroxyl groups is 1. The first kappa shape index (κ1) is 32.8. The van der Waals surface area contributed by atoms with Gasteiger partial charge in [0, 0.05) is 30.3 Å². The molecule has 1 amide bonds. The minimum absolute atomic E-state index is 0.00660. The molecular formula is C26H36N4O11S. The van der Waals surface area contributed by atoms with Crippen molar-refractivity contribution in [3.8, 4) is 5.75 Å². The Kier molecular flexibility index (Phi) is 9.00. The van der Waals surface area contributed by atoms with Gasteiger partial charge in [-0.15, -0.1) is 0 Å². The number of nitrogens with zero attached hydrogens (tertiary/aromatic N) is 2. The first-order valence-electron chi connectivity index (χ1n) is 13.1. The van der Waals surface area contributed by atoms with Gasteiger partial charge in [0.2, 0.25) is 5.78 Å². The first-order chi connectivity index (χ1) is 19.3. The second kappa shape index (κ2) is 11.5. The largest absolute Gasteiger partial charge is 0.510 e. The highest BCUT2D eigenvalue weighted by Crippen LogP contribution is 2.53. The summed E-state index contributed by atoms with van der Waals surface area (Å²) in [6.45, 7) is 5.31. The van der Waals surface area contributed by atoms with Crippen molar-refractivity contribution in [1.82, 2.24) is 4.90 Å². The number of aliphatic hydroxyl groups is 3. The lowest BCUT2D eigenvalue weighted by Crippen LogP contribution is -2.63. The van der Waals surface area contributed by atoms with Gasteiger partial charge in [-0.25, -0.2) is 0 Å². The third-order valence-corrected chi connectivity index (χ3v) is 7.94. The molecule has 10 N–H and O–H groups in total. The quantitative estimate of drug-likeness (QED) is 0.0929. The van der Waals surface area contributed by atoms with Crippen molar-refractivity contribution in [2.75, 3.05) is 37.8 Å². The highest BCUT2D eigenvalue weighted by atomic mass is 32.3. The number of ketones is 2. The van der Waals surface area contributed by atoms with Crippen molar-refractivity contribution in [2.45, 2.75) is 44.8 Å². The Balaban J connectivity index is 0.000000892. The molecule has 42 heavy (non-hydrogen) atoms. The number of likely N-dealkylation sites (N-methyl/N-ethyl adjacent to an activating group) is 1. The Morgan fingerprint density at radius 2 is 1.71 bits per heavy atom. The van der Waals surface area contributed by atoms with Crippen LogP contribution >= 0.6 is 0 Å². The van der Waals surface area contributed by atoms with E-state index in [0.717, 1.165) is 6.42 Å². The third-order valence-electron chi connectivity index (χ3n) is 7.94. The molecule has 4 rings (SSSR count). The van der Waals surface area contributed by atoms with Crippen LogP contribution in [0.5, 0.6) is 5.75 Å². The van der Waals surface area contributed by atoms with Gasteiger partial charge in [0.15, 0.2) is 11.4 Å². The number of allylic oxidation sites excluding steroid dienone is 1. The highest BCUT2D eigenvalue weighted by molar-refractivity contribution is 7.79. The number of Topliss-reactive ketones (excluding diaryl/α,β-unsaturated/α-hetero) is 2. The minimum Gasteiger partial charge on any atom is -0.510 e. The van der Waals surface area contributed by atoms with E-state index in [1.54, 1.807) is 20.2 Å². The maximum atomic E-state index is 13.8. The number of aliphatic hydroxyl groups excluding tert-OH is 2. The fourth-order valence-corrected chi connectivity index (χ4v) is 6.32. The molecule has 0 aliphatic heterocycles. The number of fused-ring (bicyclic) bond motifs is 3. The molecule has 4 atom stereocenters. The summed E-state index contributed by atoms with van der Waals surface area (Å²) in [7, 11) is -1.48. The number of primary amides is 1. The van der Waals surface area contributed by atoms with Crippen LogP contribution < -0.4 is 16.4 Å². The zero-order valence-electron chi connectivity index (χ0n) is 23.5. The lowest BCUT2D eigenvalue weighted by atomic mass is 9.58. The van der Waals surface area contributed by atoms with Crippen LogP contribution in [0.15, 0.2) is 28.7 Å². The molecule has 0 saturated heterocycles. The van der Waals surface area contributed by atoms with Crippen LogP contribution in [0.25, 0.3) is 0 Å². The molecule has 3 aliphatic carbocycles. The second-order valence-corrected chi connectivity index (χ2v) is 11.6. The van der Waals surface area contributed by atoms with Crippen LogP contribution in [0.1, 0.15) is 42.6 Å². The number of hydrogen-bond acceptors (Lipinski definition) is 12. The molecular weight excluding hydrogens is 576 g/mol. The van der Waals surface area contributed by atoms with Crippen LogP contribution in [0.3, 0.4) is 0 Å². The molecule has 3 aliphatic rings. The minimum atomic E-state index is -4.67. The predicted octanol–water partition coefficient (Wildman–Crippen LogP) is 0.286. The number of nitrogen functional groups attached to an aromatic ring is 1. The van der Waals surface area contributed by atoms with Crippen LogP contribution in [0.2, 0.25) is 0 Å². The van der Waals surface area contributed by atoms with Crippen LogP contribution in [-0.4, -0.2) is 99.2 Å². The van der Waals surface area contributed by atoms with Gasteiger partial charge < -0.3 is 36.8 Å². The Morgan fingerprint density at radius 1 is 1.14 bits per heavy atom. The number of carbonyl (C=O) groups excluding carboxylic acids is 3. The van der Waals surface area contributed by atoms with Gasteiger partial charge in [-0.3, -0.25) is 28.4 Å². The Morgan fingerprint density at radius 3 is 2.19 bits per heavy atom. The monoisotopic (exact) mass is 612 g/mol. The lowest BCUT2D eigenvalue weighted by Gasteiger charge is -2.50. The van der Waals surface area contributed by atoms with Crippen molar-refractivity contribution in [3.63, 3.8) is 0 Å². The van der Waals surface area contributed by atoms with Crippen LogP contribution in [-0.2, 0) is 26.4 Å². The van der Waals surface area contributed by atoms with Gasteiger partial charge in [-0.05, 0) is 57.8 Å². The maximum absolute atomic E-state index is 13.8. The average Bonchev–Trinajstić information content (AvgIpc) is 2.85. The van der Waals surface area contributed by atoms with E-state index >= 15 is 0 Å².